The number of piperidine rings is 1. The molecule has 3 aliphatic rings. The minimum absolute atomic E-state index is 0.0758. The molecule has 5 rings (SSSR count). The first-order valence-electron chi connectivity index (χ1n) is 12.1. The van der Waals surface area contributed by atoms with E-state index in [0.29, 0.717) is 12.3 Å². The van der Waals surface area contributed by atoms with Crippen LogP contribution >= 0.6 is 0 Å². The Balaban J connectivity index is 1.09. The minimum atomic E-state index is 0.0758. The van der Waals surface area contributed by atoms with Crippen LogP contribution in [0.1, 0.15) is 42.7 Å². The number of nitrogens with one attached hydrogen (secondary N) is 1. The van der Waals surface area contributed by atoms with E-state index in [2.05, 4.69) is 29.6 Å². The largest absolute Gasteiger partial charge is 0.497 e. The highest BCUT2D eigenvalue weighted by atomic mass is 16.5. The number of carbonyl (C=O) groups excluding carboxylic acids is 2. The summed E-state index contributed by atoms with van der Waals surface area (Å²) in [6, 6.07) is 18.5. The molecule has 1 saturated carbocycles. The molecule has 0 unspecified atom stereocenters. The van der Waals surface area contributed by atoms with Gasteiger partial charge in [0.2, 0.25) is 5.91 Å². The summed E-state index contributed by atoms with van der Waals surface area (Å²) >= 11 is 0. The Kier molecular flexibility index (Phi) is 6.00. The number of ether oxygens (including phenoxy) is 1. The monoisotopic (exact) mass is 447 g/mol. The van der Waals surface area contributed by atoms with Gasteiger partial charge in [-0.05, 0) is 54.4 Å². The predicted octanol–water partition coefficient (Wildman–Crippen LogP) is 3.82. The summed E-state index contributed by atoms with van der Waals surface area (Å²) in [4.78, 5) is 29.7. The molecule has 2 aromatic rings. The van der Waals surface area contributed by atoms with Gasteiger partial charge in [-0.2, -0.15) is 0 Å². The van der Waals surface area contributed by atoms with E-state index >= 15 is 0 Å². The number of hydrogen-bond acceptors (Lipinski definition) is 3. The standard InChI is InChI=1S/C27H33N3O3/c1-33-22-9-5-6-20(16-22)17-25(31)29-13-10-27(11-14-29)12-15-30(19-27)26(32)28-24-18-23(24)21-7-3-2-4-8-21/h2-9,16,23-24H,10-15,17-19H2,1H3,(H,28,32)/t23-,24+/m0/s1. The van der Waals surface area contributed by atoms with Crippen LogP contribution in [0.4, 0.5) is 4.79 Å². The van der Waals surface area contributed by atoms with Gasteiger partial charge in [0.05, 0.1) is 13.5 Å². The van der Waals surface area contributed by atoms with Crippen molar-refractivity contribution in [3.8, 4) is 5.75 Å². The van der Waals surface area contributed by atoms with Crippen molar-refractivity contribution in [1.29, 1.82) is 0 Å². The maximum absolute atomic E-state index is 12.9. The second-order valence-electron chi connectivity index (χ2n) is 9.89. The zero-order valence-electron chi connectivity index (χ0n) is 19.3. The molecular weight excluding hydrogens is 414 g/mol. The van der Waals surface area contributed by atoms with Crippen LogP contribution in [0.25, 0.3) is 0 Å². The quantitative estimate of drug-likeness (QED) is 0.758. The summed E-state index contributed by atoms with van der Waals surface area (Å²) in [5.74, 6) is 1.40. The third-order valence-corrected chi connectivity index (χ3v) is 7.72. The van der Waals surface area contributed by atoms with Gasteiger partial charge >= 0.3 is 6.03 Å². The number of nitrogens with zero attached hydrogens (tertiary/aromatic N) is 2. The highest BCUT2D eigenvalue weighted by molar-refractivity contribution is 5.79. The Morgan fingerprint density at radius 1 is 1.00 bits per heavy atom. The van der Waals surface area contributed by atoms with Gasteiger partial charge in [-0.1, -0.05) is 42.5 Å². The number of amides is 3. The molecule has 6 heteroatoms. The Bertz CT molecular complexity index is 1000. The van der Waals surface area contributed by atoms with Gasteiger partial charge in [0, 0.05) is 38.1 Å². The highest BCUT2D eigenvalue weighted by Crippen LogP contribution is 2.43. The molecule has 174 valence electrons. The Morgan fingerprint density at radius 2 is 1.73 bits per heavy atom. The lowest BCUT2D eigenvalue weighted by molar-refractivity contribution is -0.132. The van der Waals surface area contributed by atoms with E-state index in [1.165, 1.54) is 5.56 Å². The molecular formula is C27H33N3O3. The molecule has 2 aromatic carbocycles. The first-order valence-corrected chi connectivity index (χ1v) is 12.1. The van der Waals surface area contributed by atoms with Crippen LogP contribution in [-0.4, -0.2) is 61.1 Å². The molecule has 2 heterocycles. The van der Waals surface area contributed by atoms with Crippen molar-refractivity contribution in [2.45, 2.75) is 44.1 Å². The van der Waals surface area contributed by atoms with E-state index < -0.39 is 0 Å². The van der Waals surface area contributed by atoms with Gasteiger partial charge in [-0.15, -0.1) is 0 Å². The third-order valence-electron chi connectivity index (χ3n) is 7.72. The van der Waals surface area contributed by atoms with Crippen LogP contribution in [0, 0.1) is 5.41 Å². The molecule has 33 heavy (non-hydrogen) atoms. The Hall–Kier alpha value is -3.02. The maximum Gasteiger partial charge on any atom is 0.317 e. The molecule has 1 spiro atoms. The van der Waals surface area contributed by atoms with Crippen molar-refractivity contribution in [2.75, 3.05) is 33.3 Å². The van der Waals surface area contributed by atoms with Gasteiger partial charge in [0.1, 0.15) is 5.75 Å². The lowest BCUT2D eigenvalue weighted by atomic mass is 9.77. The fourth-order valence-electron chi connectivity index (χ4n) is 5.49. The smallest absolute Gasteiger partial charge is 0.317 e. The molecule has 6 nitrogen and oxygen atoms in total. The Morgan fingerprint density at radius 3 is 2.45 bits per heavy atom. The number of likely N-dealkylation sites (tertiary alicyclic amines) is 2. The van der Waals surface area contributed by atoms with Crippen molar-refractivity contribution in [3.05, 3.63) is 65.7 Å². The molecule has 0 bridgehead atoms. The van der Waals surface area contributed by atoms with Gasteiger partial charge in [0.25, 0.3) is 0 Å². The van der Waals surface area contributed by atoms with E-state index in [1.54, 1.807) is 7.11 Å². The van der Waals surface area contributed by atoms with Crippen molar-refractivity contribution in [1.82, 2.24) is 15.1 Å². The fourth-order valence-corrected chi connectivity index (χ4v) is 5.49. The van der Waals surface area contributed by atoms with Crippen LogP contribution in [-0.2, 0) is 11.2 Å². The molecule has 0 radical (unpaired) electrons. The van der Waals surface area contributed by atoms with Crippen LogP contribution in [0.5, 0.6) is 5.75 Å². The van der Waals surface area contributed by atoms with E-state index in [1.807, 2.05) is 40.1 Å². The predicted molar refractivity (Wildman–Crippen MR) is 127 cm³/mol. The van der Waals surface area contributed by atoms with E-state index in [0.717, 1.165) is 63.2 Å². The number of methoxy groups -OCH3 is 1. The zero-order valence-corrected chi connectivity index (χ0v) is 19.3. The second kappa shape index (κ2) is 9.08. The molecule has 1 aliphatic carbocycles. The zero-order chi connectivity index (χ0) is 22.8. The molecule has 1 N–H and O–H groups in total. The van der Waals surface area contributed by atoms with Crippen LogP contribution in [0.2, 0.25) is 0 Å². The minimum Gasteiger partial charge on any atom is -0.497 e. The summed E-state index contributed by atoms with van der Waals surface area (Å²) in [5.41, 5.74) is 2.45. The van der Waals surface area contributed by atoms with Crippen LogP contribution in [0.3, 0.4) is 0 Å². The third kappa shape index (κ3) is 4.85. The molecule has 3 amide bonds. The molecule has 2 saturated heterocycles. The summed E-state index contributed by atoms with van der Waals surface area (Å²) in [6.07, 6.45) is 4.40. The number of carbonyl (C=O) groups is 2. The highest BCUT2D eigenvalue weighted by Gasteiger charge is 2.45. The maximum atomic E-state index is 12.9. The average molecular weight is 448 g/mol. The number of hydrogen-bond donors (Lipinski definition) is 1. The number of rotatable bonds is 5. The van der Waals surface area contributed by atoms with Gasteiger partial charge in [0.15, 0.2) is 0 Å². The fraction of sp³-hybridized carbons (Fsp3) is 0.481. The molecule has 0 aromatic heterocycles. The first-order chi connectivity index (χ1) is 16.0. The van der Waals surface area contributed by atoms with E-state index in [4.69, 9.17) is 4.74 Å². The first kappa shape index (κ1) is 21.8. The normalized spacial score (nSPS) is 23.4. The van der Waals surface area contributed by atoms with Gasteiger partial charge in [-0.25, -0.2) is 4.79 Å². The summed E-state index contributed by atoms with van der Waals surface area (Å²) < 4.78 is 5.27. The van der Waals surface area contributed by atoms with E-state index in [9.17, 15) is 9.59 Å². The molecule has 2 atom stereocenters. The SMILES string of the molecule is COc1cccc(CC(=O)N2CCC3(CC2)CCN(C(=O)N[C@@H]2C[C@H]2c2ccccc2)C3)c1. The van der Waals surface area contributed by atoms with Crippen LogP contribution in [0.15, 0.2) is 54.6 Å². The second-order valence-corrected chi connectivity index (χ2v) is 9.89. The van der Waals surface area contributed by atoms with Gasteiger partial charge in [-0.3, -0.25) is 4.79 Å². The van der Waals surface area contributed by atoms with Crippen molar-refractivity contribution >= 4 is 11.9 Å². The lowest BCUT2D eigenvalue weighted by Gasteiger charge is -2.39. The van der Waals surface area contributed by atoms with Crippen molar-refractivity contribution in [2.24, 2.45) is 5.41 Å². The lowest BCUT2D eigenvalue weighted by Crippen LogP contribution is -2.46. The topological polar surface area (TPSA) is 61.9 Å². The Labute approximate surface area is 195 Å². The summed E-state index contributed by atoms with van der Waals surface area (Å²) in [5, 5.41) is 3.24. The number of urea groups is 1. The average Bonchev–Trinajstić information content (AvgIpc) is 3.50. The molecule has 2 aliphatic heterocycles. The van der Waals surface area contributed by atoms with Gasteiger partial charge < -0.3 is 19.9 Å². The summed E-state index contributed by atoms with van der Waals surface area (Å²) in [7, 11) is 1.64. The van der Waals surface area contributed by atoms with E-state index in [-0.39, 0.29) is 23.4 Å². The van der Waals surface area contributed by atoms with Crippen molar-refractivity contribution in [3.63, 3.8) is 0 Å². The molecule has 3 fully saturated rings. The number of benzene rings is 2. The summed E-state index contributed by atoms with van der Waals surface area (Å²) in [6.45, 7) is 3.17. The van der Waals surface area contributed by atoms with Crippen LogP contribution < -0.4 is 10.1 Å². The van der Waals surface area contributed by atoms with Crippen molar-refractivity contribution < 1.29 is 14.3 Å².